The highest BCUT2D eigenvalue weighted by molar-refractivity contribution is 5.95. The highest BCUT2D eigenvalue weighted by Gasteiger charge is 2.27. The Hall–Kier alpha value is -2.95. The van der Waals surface area contributed by atoms with E-state index in [1.807, 2.05) is 11.8 Å². The molecule has 1 aliphatic heterocycles. The third-order valence-electron chi connectivity index (χ3n) is 4.89. The summed E-state index contributed by atoms with van der Waals surface area (Å²) < 4.78 is 29.7. The molecule has 0 unspecified atom stereocenters. The molecule has 0 aliphatic carbocycles. The first-order valence-electron chi connectivity index (χ1n) is 9.33. The van der Waals surface area contributed by atoms with E-state index in [0.717, 1.165) is 6.42 Å². The number of piperidine rings is 1. The van der Waals surface area contributed by atoms with E-state index in [-0.39, 0.29) is 17.6 Å². The highest BCUT2D eigenvalue weighted by Crippen LogP contribution is 2.34. The van der Waals surface area contributed by atoms with Crippen molar-refractivity contribution in [2.75, 3.05) is 24.5 Å². The van der Waals surface area contributed by atoms with Gasteiger partial charge in [-0.05, 0) is 37.5 Å². The van der Waals surface area contributed by atoms with E-state index in [4.69, 9.17) is 0 Å². The normalized spacial score (nSPS) is 14.9. The van der Waals surface area contributed by atoms with Crippen LogP contribution >= 0.6 is 0 Å². The molecular formula is C20H22F2N4O2. The van der Waals surface area contributed by atoms with E-state index < -0.39 is 6.61 Å². The standard InChI is InChI=1S/C20H22F2N4O2/c1-2-7-24-19(27)13-5-8-26(9-6-13)18-14(11-23)12-25-17-4-3-15(10-16(17)18)28-20(21)22/h3-4,10,12-13,20H,2,5-9H2,1H3,(H,24,27). The van der Waals surface area contributed by atoms with E-state index >= 15 is 0 Å². The Balaban J connectivity index is 1.87. The van der Waals surface area contributed by atoms with Gasteiger partial charge in [0.15, 0.2) is 0 Å². The average molecular weight is 388 g/mol. The van der Waals surface area contributed by atoms with Crippen LogP contribution in [-0.2, 0) is 4.79 Å². The lowest BCUT2D eigenvalue weighted by molar-refractivity contribution is -0.125. The number of fused-ring (bicyclic) bond motifs is 1. The van der Waals surface area contributed by atoms with Crippen molar-refractivity contribution in [3.63, 3.8) is 0 Å². The van der Waals surface area contributed by atoms with Crippen LogP contribution in [-0.4, -0.2) is 37.1 Å². The first-order valence-corrected chi connectivity index (χ1v) is 9.33. The van der Waals surface area contributed by atoms with Crippen molar-refractivity contribution in [1.29, 1.82) is 5.26 Å². The molecule has 3 rings (SSSR count). The number of benzene rings is 1. The molecule has 1 saturated heterocycles. The van der Waals surface area contributed by atoms with Crippen LogP contribution in [0, 0.1) is 17.2 Å². The molecule has 0 atom stereocenters. The Morgan fingerprint density at radius 3 is 2.82 bits per heavy atom. The first kappa shape index (κ1) is 19.8. The zero-order valence-electron chi connectivity index (χ0n) is 15.6. The van der Waals surface area contributed by atoms with Gasteiger partial charge in [0.2, 0.25) is 5.91 Å². The molecule has 1 aromatic carbocycles. The van der Waals surface area contributed by atoms with Crippen LogP contribution in [0.15, 0.2) is 24.4 Å². The lowest BCUT2D eigenvalue weighted by Gasteiger charge is -2.34. The molecule has 1 fully saturated rings. The van der Waals surface area contributed by atoms with Crippen LogP contribution in [0.25, 0.3) is 10.9 Å². The van der Waals surface area contributed by atoms with Gasteiger partial charge in [0, 0.05) is 37.1 Å². The van der Waals surface area contributed by atoms with E-state index in [9.17, 15) is 18.8 Å². The number of hydrogen-bond donors (Lipinski definition) is 1. The Labute approximate surface area is 162 Å². The van der Waals surface area contributed by atoms with Crippen LogP contribution in [0.2, 0.25) is 0 Å². The first-order chi connectivity index (χ1) is 13.5. The van der Waals surface area contributed by atoms with Crippen LogP contribution in [0.4, 0.5) is 14.5 Å². The zero-order chi connectivity index (χ0) is 20.1. The second-order valence-electron chi connectivity index (χ2n) is 6.74. The van der Waals surface area contributed by atoms with Gasteiger partial charge in [0.05, 0.1) is 16.8 Å². The molecule has 28 heavy (non-hydrogen) atoms. The fourth-order valence-corrected chi connectivity index (χ4v) is 3.51. The number of rotatable bonds is 6. The fraction of sp³-hybridized carbons (Fsp3) is 0.450. The van der Waals surface area contributed by atoms with Crippen LogP contribution in [0.5, 0.6) is 5.75 Å². The molecule has 1 aliphatic rings. The summed E-state index contributed by atoms with van der Waals surface area (Å²) in [7, 11) is 0. The molecule has 0 saturated carbocycles. The number of halogens is 2. The molecule has 148 valence electrons. The topological polar surface area (TPSA) is 78.3 Å². The van der Waals surface area contributed by atoms with E-state index in [1.54, 1.807) is 6.07 Å². The SMILES string of the molecule is CCCNC(=O)C1CCN(c2c(C#N)cnc3ccc(OC(F)F)cc23)CC1. The van der Waals surface area contributed by atoms with Crippen molar-refractivity contribution in [2.45, 2.75) is 32.8 Å². The minimum Gasteiger partial charge on any atom is -0.435 e. The molecule has 1 amide bonds. The number of aromatic nitrogens is 1. The highest BCUT2D eigenvalue weighted by atomic mass is 19.3. The Morgan fingerprint density at radius 1 is 1.43 bits per heavy atom. The number of nitrogens with zero attached hydrogens (tertiary/aromatic N) is 3. The molecule has 0 spiro atoms. The molecule has 2 aromatic rings. The van der Waals surface area contributed by atoms with Gasteiger partial charge in [0.25, 0.3) is 0 Å². The predicted molar refractivity (Wildman–Crippen MR) is 101 cm³/mol. The summed E-state index contributed by atoms with van der Waals surface area (Å²) in [4.78, 5) is 18.5. The second kappa shape index (κ2) is 8.83. The van der Waals surface area contributed by atoms with Gasteiger partial charge in [-0.3, -0.25) is 9.78 Å². The summed E-state index contributed by atoms with van der Waals surface area (Å²) in [5, 5.41) is 13.0. The molecule has 1 N–H and O–H groups in total. The molecule has 1 aromatic heterocycles. The van der Waals surface area contributed by atoms with Gasteiger partial charge in [0.1, 0.15) is 11.8 Å². The monoisotopic (exact) mass is 388 g/mol. The molecule has 6 nitrogen and oxygen atoms in total. The number of nitrogens with one attached hydrogen (secondary N) is 1. The van der Waals surface area contributed by atoms with E-state index in [1.165, 1.54) is 18.3 Å². The summed E-state index contributed by atoms with van der Waals surface area (Å²) in [6, 6.07) is 6.66. The number of amides is 1. The summed E-state index contributed by atoms with van der Waals surface area (Å²) in [6.45, 7) is 0.938. The maximum atomic E-state index is 12.6. The maximum Gasteiger partial charge on any atom is 0.387 e. The Morgan fingerprint density at radius 2 is 2.18 bits per heavy atom. The van der Waals surface area contributed by atoms with Crippen molar-refractivity contribution >= 4 is 22.5 Å². The Kier molecular flexibility index (Phi) is 6.24. The minimum atomic E-state index is -2.93. The summed E-state index contributed by atoms with van der Waals surface area (Å²) >= 11 is 0. The number of ether oxygens (including phenoxy) is 1. The van der Waals surface area contributed by atoms with Crippen molar-refractivity contribution in [3.05, 3.63) is 30.0 Å². The Bertz CT molecular complexity index is 890. The van der Waals surface area contributed by atoms with Crippen LogP contribution < -0.4 is 15.0 Å². The number of carbonyl (C=O) groups excluding carboxylic acids is 1. The lowest BCUT2D eigenvalue weighted by Crippen LogP contribution is -2.41. The van der Waals surface area contributed by atoms with Gasteiger partial charge in [-0.25, -0.2) is 0 Å². The number of anilines is 1. The number of pyridine rings is 1. The van der Waals surface area contributed by atoms with E-state index in [0.29, 0.717) is 54.6 Å². The largest absolute Gasteiger partial charge is 0.435 e. The number of carbonyl (C=O) groups is 1. The van der Waals surface area contributed by atoms with Crippen molar-refractivity contribution in [3.8, 4) is 11.8 Å². The van der Waals surface area contributed by atoms with Gasteiger partial charge in [-0.2, -0.15) is 14.0 Å². The zero-order valence-corrected chi connectivity index (χ0v) is 15.6. The predicted octanol–water partition coefficient (Wildman–Crippen LogP) is 3.45. The third kappa shape index (κ3) is 4.30. The summed E-state index contributed by atoms with van der Waals surface area (Å²) in [5.41, 5.74) is 1.62. The van der Waals surface area contributed by atoms with Crippen molar-refractivity contribution in [1.82, 2.24) is 10.3 Å². The van der Waals surface area contributed by atoms with Crippen LogP contribution in [0.3, 0.4) is 0 Å². The number of nitriles is 1. The summed E-state index contributed by atoms with van der Waals surface area (Å²) in [5.74, 6) is 0.0304. The molecular weight excluding hydrogens is 366 g/mol. The van der Waals surface area contributed by atoms with Gasteiger partial charge >= 0.3 is 6.61 Å². The van der Waals surface area contributed by atoms with Gasteiger partial charge in [-0.15, -0.1) is 0 Å². The minimum absolute atomic E-state index is 0.0227. The van der Waals surface area contributed by atoms with Crippen molar-refractivity contribution < 1.29 is 18.3 Å². The molecule has 2 heterocycles. The molecule has 0 radical (unpaired) electrons. The van der Waals surface area contributed by atoms with Gasteiger partial charge < -0.3 is 15.0 Å². The average Bonchev–Trinajstić information content (AvgIpc) is 2.70. The molecule has 8 heteroatoms. The number of hydrogen-bond acceptors (Lipinski definition) is 5. The maximum absolute atomic E-state index is 12.6. The lowest BCUT2D eigenvalue weighted by atomic mass is 9.94. The van der Waals surface area contributed by atoms with Gasteiger partial charge in [-0.1, -0.05) is 6.92 Å². The molecule has 0 bridgehead atoms. The third-order valence-corrected chi connectivity index (χ3v) is 4.89. The van der Waals surface area contributed by atoms with Crippen molar-refractivity contribution in [2.24, 2.45) is 5.92 Å². The summed E-state index contributed by atoms with van der Waals surface area (Å²) in [6.07, 6.45) is 3.71. The number of alkyl halides is 2. The quantitative estimate of drug-likeness (QED) is 0.820. The second-order valence-corrected chi connectivity index (χ2v) is 6.74. The van der Waals surface area contributed by atoms with Crippen LogP contribution in [0.1, 0.15) is 31.7 Å². The van der Waals surface area contributed by atoms with E-state index in [2.05, 4.69) is 21.1 Å². The smallest absolute Gasteiger partial charge is 0.387 e. The fourth-order valence-electron chi connectivity index (χ4n) is 3.51.